The van der Waals surface area contributed by atoms with E-state index in [4.69, 9.17) is 10.7 Å². The molecule has 0 radical (unpaired) electrons. The molecule has 17 heavy (non-hydrogen) atoms. The first-order chi connectivity index (χ1) is 7.75. The molecule has 1 unspecified atom stereocenters. The van der Waals surface area contributed by atoms with E-state index >= 15 is 0 Å². The highest BCUT2D eigenvalue weighted by Crippen LogP contribution is 2.44. The molecule has 0 spiro atoms. The predicted molar refractivity (Wildman–Crippen MR) is 60.0 cm³/mol. The molecule has 0 aromatic heterocycles. The van der Waals surface area contributed by atoms with Gasteiger partial charge >= 0.3 is 9.24 Å². The second-order valence-corrected chi connectivity index (χ2v) is 6.42. The van der Waals surface area contributed by atoms with Crippen LogP contribution in [-0.4, -0.2) is 18.6 Å². The van der Waals surface area contributed by atoms with Crippen LogP contribution in [0.3, 0.4) is 0 Å². The predicted octanol–water partition coefficient (Wildman–Crippen LogP) is 1.76. The number of β-lactam (4-membered cyclic amide) rings is 1. The molecule has 1 aliphatic heterocycles. The zero-order chi connectivity index (χ0) is 12.8. The van der Waals surface area contributed by atoms with Crippen LogP contribution >= 0.6 is 10.7 Å². The Hall–Kier alpha value is -1.14. The number of benzene rings is 1. The lowest BCUT2D eigenvalue weighted by Crippen LogP contribution is -2.60. The van der Waals surface area contributed by atoms with E-state index in [1.54, 1.807) is 6.92 Å². The van der Waals surface area contributed by atoms with Gasteiger partial charge in [0.1, 0.15) is 5.82 Å². The lowest BCUT2D eigenvalue weighted by Gasteiger charge is -2.47. The van der Waals surface area contributed by atoms with Gasteiger partial charge in [0.15, 0.2) is 0 Å². The van der Waals surface area contributed by atoms with Crippen molar-refractivity contribution in [2.75, 3.05) is 0 Å². The SMILES string of the molecule is CC1(c2ccc(F)cc2)CC(=O)N1S(=O)(=O)Cl. The summed E-state index contributed by atoms with van der Waals surface area (Å²) in [5.41, 5.74) is -0.492. The fraction of sp³-hybridized carbons (Fsp3) is 0.300. The maximum Gasteiger partial charge on any atom is 0.324 e. The van der Waals surface area contributed by atoms with Crippen LogP contribution in [0.2, 0.25) is 0 Å². The van der Waals surface area contributed by atoms with Crippen molar-refractivity contribution in [1.82, 2.24) is 4.31 Å². The van der Waals surface area contributed by atoms with E-state index < -0.39 is 26.5 Å². The lowest BCUT2D eigenvalue weighted by atomic mass is 9.82. The maximum absolute atomic E-state index is 12.8. The number of halogens is 2. The molecule has 4 nitrogen and oxygen atoms in total. The van der Waals surface area contributed by atoms with Gasteiger partial charge < -0.3 is 0 Å². The van der Waals surface area contributed by atoms with Crippen molar-refractivity contribution < 1.29 is 17.6 Å². The zero-order valence-electron chi connectivity index (χ0n) is 8.85. The highest BCUT2D eigenvalue weighted by molar-refractivity contribution is 8.12. The summed E-state index contributed by atoms with van der Waals surface area (Å²) in [7, 11) is 1.08. The number of carbonyl (C=O) groups is 1. The van der Waals surface area contributed by atoms with Gasteiger partial charge in [-0.2, -0.15) is 8.42 Å². The Balaban J connectivity index is 2.45. The summed E-state index contributed by atoms with van der Waals surface area (Å²) in [5, 5.41) is 0. The van der Waals surface area contributed by atoms with Crippen molar-refractivity contribution in [3.05, 3.63) is 35.6 Å². The summed E-state index contributed by atoms with van der Waals surface area (Å²) in [4.78, 5) is 11.3. The van der Waals surface area contributed by atoms with Crippen molar-refractivity contribution in [2.24, 2.45) is 0 Å². The van der Waals surface area contributed by atoms with Crippen LogP contribution in [0.1, 0.15) is 18.9 Å². The minimum absolute atomic E-state index is 0.0323. The van der Waals surface area contributed by atoms with Crippen LogP contribution in [-0.2, 0) is 19.6 Å². The van der Waals surface area contributed by atoms with Crippen LogP contribution in [0.25, 0.3) is 0 Å². The van der Waals surface area contributed by atoms with E-state index in [0.29, 0.717) is 9.87 Å². The number of carbonyl (C=O) groups excluding carboxylic acids is 1. The summed E-state index contributed by atoms with van der Waals surface area (Å²) in [6.45, 7) is 1.57. The molecule has 1 aliphatic rings. The molecule has 0 bridgehead atoms. The quantitative estimate of drug-likeness (QED) is 0.611. The number of amides is 1. The van der Waals surface area contributed by atoms with E-state index in [9.17, 15) is 17.6 Å². The van der Waals surface area contributed by atoms with Gasteiger partial charge in [-0.3, -0.25) is 4.79 Å². The molecule has 1 atom stereocenters. The summed E-state index contributed by atoms with van der Waals surface area (Å²) in [6.07, 6.45) is 0.0323. The lowest BCUT2D eigenvalue weighted by molar-refractivity contribution is -0.144. The average molecular weight is 278 g/mol. The summed E-state index contributed by atoms with van der Waals surface area (Å²) >= 11 is 0. The fourth-order valence-corrected chi connectivity index (χ4v) is 3.66. The molecular formula is C10H9ClFNO3S. The molecule has 2 rings (SSSR count). The van der Waals surface area contributed by atoms with Gasteiger partial charge in [0.2, 0.25) is 5.91 Å². The van der Waals surface area contributed by atoms with Crippen molar-refractivity contribution >= 4 is 25.8 Å². The first-order valence-electron chi connectivity index (χ1n) is 4.79. The minimum atomic E-state index is -4.12. The number of hydrogen-bond acceptors (Lipinski definition) is 3. The number of rotatable bonds is 2. The Morgan fingerprint density at radius 1 is 1.35 bits per heavy atom. The molecule has 1 heterocycles. The summed E-state index contributed by atoms with van der Waals surface area (Å²) < 4.78 is 36.0. The molecule has 1 aromatic carbocycles. The Labute approximate surface area is 103 Å². The number of hydrogen-bond donors (Lipinski definition) is 0. The van der Waals surface area contributed by atoms with Gasteiger partial charge in [-0.15, -0.1) is 0 Å². The van der Waals surface area contributed by atoms with E-state index in [1.807, 2.05) is 0 Å². The third-order valence-electron chi connectivity index (χ3n) is 2.85. The normalized spacial score (nSPS) is 24.6. The van der Waals surface area contributed by atoms with Crippen LogP contribution in [0, 0.1) is 5.82 Å². The zero-order valence-corrected chi connectivity index (χ0v) is 10.4. The van der Waals surface area contributed by atoms with Crippen LogP contribution in [0.15, 0.2) is 24.3 Å². The Bertz CT molecular complexity index is 572. The molecule has 0 aliphatic carbocycles. The van der Waals surface area contributed by atoms with Gasteiger partial charge in [-0.1, -0.05) is 12.1 Å². The standard InChI is InChI=1S/C10H9ClFNO3S/c1-10(7-2-4-8(12)5-3-7)6-9(14)13(10)17(11,15)16/h2-5H,6H2,1H3. The summed E-state index contributed by atoms with van der Waals surface area (Å²) in [6, 6.07) is 5.30. The Kier molecular flexibility index (Phi) is 2.67. The van der Waals surface area contributed by atoms with Crippen molar-refractivity contribution in [1.29, 1.82) is 0 Å². The van der Waals surface area contributed by atoms with Gasteiger partial charge in [0.25, 0.3) is 0 Å². The van der Waals surface area contributed by atoms with Gasteiger partial charge in [0, 0.05) is 10.7 Å². The van der Waals surface area contributed by atoms with Gasteiger partial charge in [-0.25, -0.2) is 8.70 Å². The van der Waals surface area contributed by atoms with Crippen LogP contribution in [0.5, 0.6) is 0 Å². The smallest absolute Gasteiger partial charge is 0.274 e. The molecule has 0 N–H and O–H groups in total. The maximum atomic E-state index is 12.8. The topological polar surface area (TPSA) is 54.5 Å². The Morgan fingerprint density at radius 3 is 2.29 bits per heavy atom. The minimum Gasteiger partial charge on any atom is -0.274 e. The van der Waals surface area contributed by atoms with Crippen LogP contribution < -0.4 is 0 Å². The van der Waals surface area contributed by atoms with E-state index in [0.717, 1.165) is 0 Å². The third-order valence-corrected chi connectivity index (χ3v) is 4.31. The highest BCUT2D eigenvalue weighted by atomic mass is 35.7. The molecule has 92 valence electrons. The molecule has 1 fully saturated rings. The highest BCUT2D eigenvalue weighted by Gasteiger charge is 2.54. The third kappa shape index (κ3) is 1.91. The van der Waals surface area contributed by atoms with Gasteiger partial charge in [0.05, 0.1) is 12.0 Å². The molecule has 1 amide bonds. The van der Waals surface area contributed by atoms with Crippen LogP contribution in [0.4, 0.5) is 4.39 Å². The van der Waals surface area contributed by atoms with E-state index in [1.165, 1.54) is 24.3 Å². The van der Waals surface area contributed by atoms with E-state index in [2.05, 4.69) is 0 Å². The second kappa shape index (κ2) is 3.68. The molecule has 7 heteroatoms. The monoisotopic (exact) mass is 277 g/mol. The van der Waals surface area contributed by atoms with Gasteiger partial charge in [-0.05, 0) is 24.6 Å². The van der Waals surface area contributed by atoms with Crippen molar-refractivity contribution in [2.45, 2.75) is 18.9 Å². The van der Waals surface area contributed by atoms with Crippen molar-refractivity contribution in [3.8, 4) is 0 Å². The molecule has 0 saturated carbocycles. The number of nitrogens with zero attached hydrogens (tertiary/aromatic N) is 1. The summed E-state index contributed by atoms with van der Waals surface area (Å²) in [5.74, 6) is -0.991. The first kappa shape index (κ1) is 12.3. The first-order valence-corrected chi connectivity index (χ1v) is 7.06. The molecule has 1 aromatic rings. The molecule has 1 saturated heterocycles. The fourth-order valence-electron chi connectivity index (χ4n) is 2.01. The second-order valence-electron chi connectivity index (χ2n) is 4.06. The largest absolute Gasteiger partial charge is 0.324 e. The average Bonchev–Trinajstić information content (AvgIpc) is 2.14. The van der Waals surface area contributed by atoms with Crippen molar-refractivity contribution in [3.63, 3.8) is 0 Å². The molecular weight excluding hydrogens is 269 g/mol. The Morgan fingerprint density at radius 2 is 1.88 bits per heavy atom. The van der Waals surface area contributed by atoms with E-state index in [-0.39, 0.29) is 6.42 Å².